The van der Waals surface area contributed by atoms with Crippen molar-refractivity contribution in [1.29, 1.82) is 0 Å². The molecule has 2 aliphatic rings. The van der Waals surface area contributed by atoms with E-state index in [9.17, 15) is 30.0 Å². The predicted octanol–water partition coefficient (Wildman–Crippen LogP) is 1.74. The number of aliphatic hydroxyl groups is 1. The van der Waals surface area contributed by atoms with Gasteiger partial charge in [0.05, 0.1) is 12.7 Å². The number of Topliss-reactive ketones (excluding diaryl/α,β-unsaturated/α-hetero) is 1. The molecule has 0 fully saturated rings. The minimum atomic E-state index is -2.02. The molecule has 0 radical (unpaired) electrons. The summed E-state index contributed by atoms with van der Waals surface area (Å²) in [6.45, 7) is 0. The second-order valence-electron chi connectivity index (χ2n) is 6.28. The Hall–Kier alpha value is -3.68. The third-order valence-corrected chi connectivity index (χ3v) is 4.84. The molecule has 1 heterocycles. The van der Waals surface area contributed by atoms with Crippen LogP contribution in [0.1, 0.15) is 17.0 Å². The van der Waals surface area contributed by atoms with E-state index in [1.165, 1.54) is 24.3 Å². The number of ketones is 1. The van der Waals surface area contributed by atoms with Crippen molar-refractivity contribution in [2.75, 3.05) is 7.11 Å². The highest BCUT2D eigenvalue weighted by molar-refractivity contribution is 6.21. The molecule has 8 heteroatoms. The first-order valence-electron chi connectivity index (χ1n) is 7.92. The molecule has 1 aliphatic carbocycles. The lowest BCUT2D eigenvalue weighted by Gasteiger charge is -2.28. The number of rotatable bonds is 2. The average Bonchev–Trinajstić information content (AvgIpc) is 3.08. The van der Waals surface area contributed by atoms with E-state index in [0.717, 1.165) is 19.2 Å². The number of hydrogen-bond donors (Lipinski definition) is 4. The van der Waals surface area contributed by atoms with Gasteiger partial charge in [0, 0.05) is 5.56 Å². The molecule has 2 aromatic carbocycles. The number of ether oxygens (including phenoxy) is 2. The summed E-state index contributed by atoms with van der Waals surface area (Å²) in [6, 6.07) is 7.61. The number of fused-ring (bicyclic) bond motifs is 3. The Bertz CT molecular complexity index is 1040. The number of methoxy groups -OCH3 is 1. The zero-order valence-electron chi connectivity index (χ0n) is 14.0. The first kappa shape index (κ1) is 16.8. The van der Waals surface area contributed by atoms with Crippen molar-refractivity contribution in [1.82, 2.24) is 0 Å². The molecule has 0 amide bonds. The number of carbonyl (C=O) groups is 2. The number of allylic oxidation sites excluding steroid dienone is 1. The number of phenols is 3. The monoisotopic (exact) mass is 370 g/mol. The molecule has 27 heavy (non-hydrogen) atoms. The van der Waals surface area contributed by atoms with Crippen molar-refractivity contribution < 1.29 is 39.5 Å². The third kappa shape index (κ3) is 2.03. The van der Waals surface area contributed by atoms with Crippen molar-refractivity contribution in [2.45, 2.75) is 11.5 Å². The molecule has 0 saturated heterocycles. The Balaban J connectivity index is 2.00. The number of benzene rings is 2. The molecule has 138 valence electrons. The fourth-order valence-electron chi connectivity index (χ4n) is 3.71. The molecule has 0 unspecified atom stereocenters. The van der Waals surface area contributed by atoms with Crippen molar-refractivity contribution in [3.63, 3.8) is 0 Å². The van der Waals surface area contributed by atoms with Gasteiger partial charge in [-0.25, -0.2) is 4.79 Å². The largest absolute Gasteiger partial charge is 0.508 e. The van der Waals surface area contributed by atoms with Gasteiger partial charge in [-0.3, -0.25) is 4.79 Å². The summed E-state index contributed by atoms with van der Waals surface area (Å²) in [5.41, 5.74) is -1.87. The van der Waals surface area contributed by atoms with E-state index >= 15 is 0 Å². The minimum absolute atomic E-state index is 0.0982. The number of aromatic hydroxyl groups is 3. The third-order valence-electron chi connectivity index (χ3n) is 4.84. The maximum atomic E-state index is 12.8. The van der Waals surface area contributed by atoms with Crippen molar-refractivity contribution in [3.8, 4) is 23.0 Å². The first-order chi connectivity index (χ1) is 12.8. The quantitative estimate of drug-likeness (QED) is 0.464. The van der Waals surface area contributed by atoms with Gasteiger partial charge in [0.25, 0.3) is 0 Å². The Morgan fingerprint density at radius 1 is 1.07 bits per heavy atom. The Morgan fingerprint density at radius 3 is 2.48 bits per heavy atom. The first-order valence-corrected chi connectivity index (χ1v) is 7.92. The van der Waals surface area contributed by atoms with E-state index in [2.05, 4.69) is 0 Å². The number of esters is 1. The normalized spacial score (nSPS) is 23.0. The van der Waals surface area contributed by atoms with Crippen molar-refractivity contribution >= 4 is 17.3 Å². The van der Waals surface area contributed by atoms with Gasteiger partial charge in [0.1, 0.15) is 17.4 Å². The zero-order chi connectivity index (χ0) is 19.5. The van der Waals surface area contributed by atoms with Crippen LogP contribution in [0.2, 0.25) is 0 Å². The van der Waals surface area contributed by atoms with Gasteiger partial charge in [0.2, 0.25) is 11.4 Å². The molecule has 0 spiro atoms. The highest BCUT2D eigenvalue weighted by Crippen LogP contribution is 2.58. The van der Waals surface area contributed by atoms with E-state index in [1.807, 2.05) is 0 Å². The van der Waals surface area contributed by atoms with Crippen LogP contribution in [0.5, 0.6) is 23.0 Å². The molecule has 0 bridgehead atoms. The minimum Gasteiger partial charge on any atom is -0.508 e. The SMILES string of the molecule is COC(=O)[C@@]12Oc3ccc(O)cc3[C@@H]1C(=O)C(O)=C2c1ccc(O)c(O)c1. The van der Waals surface area contributed by atoms with Crippen LogP contribution in [0.25, 0.3) is 5.57 Å². The Labute approximate surface area is 152 Å². The molecule has 1 aliphatic heterocycles. The molecule has 8 nitrogen and oxygen atoms in total. The fraction of sp³-hybridized carbons (Fsp3) is 0.158. The molecule has 2 atom stereocenters. The lowest BCUT2D eigenvalue weighted by atomic mass is 9.80. The van der Waals surface area contributed by atoms with Crippen LogP contribution in [0.3, 0.4) is 0 Å². The summed E-state index contributed by atoms with van der Waals surface area (Å²) in [7, 11) is 1.11. The van der Waals surface area contributed by atoms with E-state index in [-0.39, 0.29) is 28.2 Å². The second-order valence-corrected chi connectivity index (χ2v) is 6.28. The molecule has 2 aromatic rings. The maximum Gasteiger partial charge on any atom is 0.356 e. The zero-order valence-corrected chi connectivity index (χ0v) is 14.0. The average molecular weight is 370 g/mol. The lowest BCUT2D eigenvalue weighted by Crippen LogP contribution is -2.47. The van der Waals surface area contributed by atoms with Gasteiger partial charge in [-0.2, -0.15) is 0 Å². The molecule has 0 aromatic heterocycles. The van der Waals surface area contributed by atoms with Gasteiger partial charge in [-0.1, -0.05) is 6.07 Å². The predicted molar refractivity (Wildman–Crippen MR) is 90.6 cm³/mol. The highest BCUT2D eigenvalue weighted by Gasteiger charge is 2.67. The van der Waals surface area contributed by atoms with Crippen LogP contribution in [0.4, 0.5) is 0 Å². The van der Waals surface area contributed by atoms with Gasteiger partial charge in [-0.05, 0) is 35.9 Å². The highest BCUT2D eigenvalue weighted by atomic mass is 16.6. The lowest BCUT2D eigenvalue weighted by molar-refractivity contribution is -0.154. The van der Waals surface area contributed by atoms with Crippen LogP contribution < -0.4 is 4.74 Å². The maximum absolute atomic E-state index is 12.8. The number of aliphatic hydroxyl groups excluding tert-OH is 1. The number of hydrogen-bond acceptors (Lipinski definition) is 8. The van der Waals surface area contributed by atoms with E-state index in [1.54, 1.807) is 0 Å². The number of phenolic OH excluding ortho intramolecular Hbond substituents is 3. The van der Waals surface area contributed by atoms with Crippen LogP contribution in [-0.4, -0.2) is 44.9 Å². The van der Waals surface area contributed by atoms with Crippen LogP contribution in [0, 0.1) is 0 Å². The molecule has 4 rings (SSSR count). The van der Waals surface area contributed by atoms with Gasteiger partial charge in [-0.15, -0.1) is 0 Å². The Kier molecular flexibility index (Phi) is 3.36. The second kappa shape index (κ2) is 5.41. The molecule has 4 N–H and O–H groups in total. The van der Waals surface area contributed by atoms with E-state index in [4.69, 9.17) is 9.47 Å². The topological polar surface area (TPSA) is 134 Å². The summed E-state index contributed by atoms with van der Waals surface area (Å²) in [5, 5.41) is 39.6. The summed E-state index contributed by atoms with van der Waals surface area (Å²) < 4.78 is 10.7. The summed E-state index contributed by atoms with van der Waals surface area (Å²) in [6.07, 6.45) is 0. The van der Waals surface area contributed by atoms with Gasteiger partial charge >= 0.3 is 5.97 Å². The number of carbonyl (C=O) groups excluding carboxylic acids is 2. The van der Waals surface area contributed by atoms with Crippen molar-refractivity contribution in [2.24, 2.45) is 0 Å². The summed E-state index contributed by atoms with van der Waals surface area (Å²) in [5.74, 6) is -4.56. The van der Waals surface area contributed by atoms with Gasteiger partial charge < -0.3 is 29.9 Å². The van der Waals surface area contributed by atoms with Gasteiger partial charge in [0.15, 0.2) is 17.3 Å². The van der Waals surface area contributed by atoms with Crippen LogP contribution in [0.15, 0.2) is 42.2 Å². The fourth-order valence-corrected chi connectivity index (χ4v) is 3.71. The van der Waals surface area contributed by atoms with E-state index < -0.39 is 40.5 Å². The van der Waals surface area contributed by atoms with Crippen LogP contribution in [-0.2, 0) is 14.3 Å². The summed E-state index contributed by atoms with van der Waals surface area (Å²) in [4.78, 5) is 25.6. The molecule has 0 saturated carbocycles. The van der Waals surface area contributed by atoms with Crippen molar-refractivity contribution in [3.05, 3.63) is 53.3 Å². The molecular weight excluding hydrogens is 356 g/mol. The Morgan fingerprint density at radius 2 is 1.81 bits per heavy atom. The van der Waals surface area contributed by atoms with Crippen LogP contribution >= 0.6 is 0 Å². The molecular formula is C19H14O8. The summed E-state index contributed by atoms with van der Waals surface area (Å²) >= 11 is 0. The van der Waals surface area contributed by atoms with E-state index in [0.29, 0.717) is 0 Å². The smallest absolute Gasteiger partial charge is 0.356 e. The standard InChI is InChI=1S/C19H14O8/c1-26-18(25)19-14(8-2-4-11(21)12(22)6-8)16(23)17(24)15(19)10-7-9(20)3-5-13(10)27-19/h2-7,15,20-23H,1H3/t15-,19+/m1/s1.